The Hall–Kier alpha value is -3.02. The van der Waals surface area contributed by atoms with Gasteiger partial charge in [-0.3, -0.25) is 9.79 Å². The molecule has 3 N–H and O–H groups in total. The van der Waals surface area contributed by atoms with Crippen molar-refractivity contribution < 1.29 is 0 Å². The number of hydrogen-bond donors (Lipinski definition) is 3. The van der Waals surface area contributed by atoms with Crippen LogP contribution in [0.1, 0.15) is 18.4 Å². The highest BCUT2D eigenvalue weighted by molar-refractivity contribution is 5.83. The molecule has 142 valence electrons. The summed E-state index contributed by atoms with van der Waals surface area (Å²) < 4.78 is 1.74. The normalized spacial score (nSPS) is 11.7. The van der Waals surface area contributed by atoms with Crippen molar-refractivity contribution in [1.82, 2.24) is 20.2 Å². The van der Waals surface area contributed by atoms with Gasteiger partial charge in [-0.1, -0.05) is 24.3 Å². The third-order valence-electron chi connectivity index (χ3n) is 4.60. The first kappa shape index (κ1) is 18.8. The molecule has 0 fully saturated rings. The van der Waals surface area contributed by atoms with E-state index in [4.69, 9.17) is 0 Å². The molecule has 0 amide bonds. The third kappa shape index (κ3) is 5.23. The van der Waals surface area contributed by atoms with Crippen LogP contribution < -0.4 is 16.2 Å². The quantitative estimate of drug-likeness (QED) is 0.326. The van der Waals surface area contributed by atoms with Crippen LogP contribution in [0.2, 0.25) is 0 Å². The zero-order valence-corrected chi connectivity index (χ0v) is 15.7. The fraction of sp³-hybridized carbons (Fsp3) is 0.333. The van der Waals surface area contributed by atoms with Crippen LogP contribution in [0.15, 0.2) is 64.6 Å². The van der Waals surface area contributed by atoms with E-state index in [1.54, 1.807) is 23.7 Å². The minimum Gasteiger partial charge on any atom is -0.361 e. The number of benzene rings is 1. The number of pyridine rings is 1. The number of fused-ring (bicyclic) bond motifs is 1. The lowest BCUT2D eigenvalue weighted by Gasteiger charge is -2.12. The predicted molar refractivity (Wildman–Crippen MR) is 111 cm³/mol. The first-order chi connectivity index (χ1) is 13.3. The van der Waals surface area contributed by atoms with Gasteiger partial charge in [0.15, 0.2) is 5.96 Å². The van der Waals surface area contributed by atoms with Crippen LogP contribution in [0.3, 0.4) is 0 Å². The van der Waals surface area contributed by atoms with Crippen molar-refractivity contribution in [1.29, 1.82) is 0 Å². The van der Waals surface area contributed by atoms with Crippen LogP contribution in [0.25, 0.3) is 10.9 Å². The van der Waals surface area contributed by atoms with Crippen molar-refractivity contribution >= 4 is 16.9 Å². The number of aliphatic imine (C=N–C) groups is 1. The largest absolute Gasteiger partial charge is 0.361 e. The van der Waals surface area contributed by atoms with Crippen molar-refractivity contribution in [3.05, 3.63) is 70.8 Å². The lowest BCUT2D eigenvalue weighted by atomic mass is 10.1. The summed E-state index contributed by atoms with van der Waals surface area (Å²) in [4.78, 5) is 19.2. The predicted octanol–water partition coefficient (Wildman–Crippen LogP) is 2.52. The summed E-state index contributed by atoms with van der Waals surface area (Å²) in [6.07, 6.45) is 6.77. The van der Waals surface area contributed by atoms with Gasteiger partial charge >= 0.3 is 0 Å². The molecule has 3 rings (SSSR count). The van der Waals surface area contributed by atoms with E-state index in [1.807, 2.05) is 18.3 Å². The highest BCUT2D eigenvalue weighted by Gasteiger charge is 2.03. The van der Waals surface area contributed by atoms with Gasteiger partial charge < -0.3 is 20.2 Å². The molecule has 0 spiro atoms. The number of hydrogen-bond acceptors (Lipinski definition) is 2. The van der Waals surface area contributed by atoms with Crippen LogP contribution >= 0.6 is 0 Å². The van der Waals surface area contributed by atoms with Gasteiger partial charge in [-0.25, -0.2) is 0 Å². The maximum Gasteiger partial charge on any atom is 0.250 e. The first-order valence-corrected chi connectivity index (χ1v) is 9.43. The molecule has 0 aliphatic heterocycles. The van der Waals surface area contributed by atoms with E-state index >= 15 is 0 Å². The van der Waals surface area contributed by atoms with E-state index in [1.165, 1.54) is 16.5 Å². The van der Waals surface area contributed by atoms with E-state index in [9.17, 15) is 4.79 Å². The molecule has 0 aliphatic rings. The number of para-hydroxylation sites is 1. The maximum absolute atomic E-state index is 11.7. The fourth-order valence-corrected chi connectivity index (χ4v) is 3.13. The summed E-state index contributed by atoms with van der Waals surface area (Å²) >= 11 is 0. The molecule has 0 saturated heterocycles. The van der Waals surface area contributed by atoms with E-state index in [0.29, 0.717) is 0 Å². The van der Waals surface area contributed by atoms with Crippen molar-refractivity contribution in [3.63, 3.8) is 0 Å². The summed E-state index contributed by atoms with van der Waals surface area (Å²) in [7, 11) is 1.78. The molecule has 27 heavy (non-hydrogen) atoms. The summed E-state index contributed by atoms with van der Waals surface area (Å²) in [6.45, 7) is 2.39. The lowest BCUT2D eigenvalue weighted by Crippen LogP contribution is -2.38. The zero-order chi connectivity index (χ0) is 18.9. The topological polar surface area (TPSA) is 74.2 Å². The van der Waals surface area contributed by atoms with Gasteiger partial charge in [0.05, 0.1) is 0 Å². The molecule has 1 aromatic carbocycles. The molecule has 6 heteroatoms. The Bertz CT molecular complexity index is 941. The van der Waals surface area contributed by atoms with Crippen molar-refractivity contribution in [3.8, 4) is 0 Å². The number of unbranched alkanes of at least 4 members (excludes halogenated alkanes) is 1. The fourth-order valence-electron chi connectivity index (χ4n) is 3.13. The monoisotopic (exact) mass is 365 g/mol. The Labute approximate surface area is 159 Å². The van der Waals surface area contributed by atoms with Gasteiger partial charge in [-0.2, -0.15) is 0 Å². The number of aromatic nitrogens is 2. The molecule has 0 unspecified atom stereocenters. The molecule has 0 radical (unpaired) electrons. The van der Waals surface area contributed by atoms with Crippen molar-refractivity contribution in [2.45, 2.75) is 25.8 Å². The van der Waals surface area contributed by atoms with Gasteiger partial charge in [0, 0.05) is 56.0 Å². The molecule has 3 aromatic rings. The summed E-state index contributed by atoms with van der Waals surface area (Å²) in [6, 6.07) is 13.6. The molecule has 0 aliphatic carbocycles. The average Bonchev–Trinajstić information content (AvgIpc) is 3.11. The average molecular weight is 365 g/mol. The van der Waals surface area contributed by atoms with E-state index in [2.05, 4.69) is 45.0 Å². The molecule has 0 saturated carbocycles. The van der Waals surface area contributed by atoms with E-state index in [0.717, 1.165) is 44.9 Å². The summed E-state index contributed by atoms with van der Waals surface area (Å²) in [5, 5.41) is 7.97. The Morgan fingerprint density at radius 3 is 2.74 bits per heavy atom. The van der Waals surface area contributed by atoms with Crippen LogP contribution in [-0.2, 0) is 13.0 Å². The van der Waals surface area contributed by atoms with Gasteiger partial charge in [-0.15, -0.1) is 0 Å². The molecule has 0 atom stereocenters. The van der Waals surface area contributed by atoms with Crippen LogP contribution in [0.5, 0.6) is 0 Å². The Kier molecular flexibility index (Phi) is 6.68. The van der Waals surface area contributed by atoms with Crippen LogP contribution in [0.4, 0.5) is 0 Å². The Balaban J connectivity index is 1.36. The summed E-state index contributed by atoms with van der Waals surface area (Å²) in [5.41, 5.74) is 2.54. The van der Waals surface area contributed by atoms with Crippen LogP contribution in [-0.4, -0.2) is 35.6 Å². The zero-order valence-electron chi connectivity index (χ0n) is 15.7. The standard InChI is InChI=1S/C21H27N5O/c1-22-21(23-12-5-7-15-26-14-6-4-10-20(26)27)24-13-11-17-16-25-19-9-3-2-8-18(17)19/h2-4,6,8-10,14,16,25H,5,7,11-13,15H2,1H3,(H2,22,23,24). The van der Waals surface area contributed by atoms with Gasteiger partial charge in [0.25, 0.3) is 0 Å². The number of aryl methyl sites for hydroxylation is 1. The first-order valence-electron chi connectivity index (χ1n) is 9.43. The molecule has 0 bridgehead atoms. The van der Waals surface area contributed by atoms with Crippen molar-refractivity contribution in [2.75, 3.05) is 20.1 Å². The number of guanidine groups is 1. The number of nitrogens with zero attached hydrogens (tertiary/aromatic N) is 2. The number of rotatable bonds is 8. The number of nitrogens with one attached hydrogen (secondary N) is 3. The minimum absolute atomic E-state index is 0.0558. The maximum atomic E-state index is 11.7. The Morgan fingerprint density at radius 2 is 1.89 bits per heavy atom. The highest BCUT2D eigenvalue weighted by atomic mass is 16.1. The second kappa shape index (κ2) is 9.62. The van der Waals surface area contributed by atoms with Gasteiger partial charge in [-0.05, 0) is 37.0 Å². The summed E-state index contributed by atoms with van der Waals surface area (Å²) in [5.74, 6) is 0.812. The molecular formula is C21H27N5O. The van der Waals surface area contributed by atoms with Gasteiger partial charge in [0.2, 0.25) is 5.56 Å². The molecule has 6 nitrogen and oxygen atoms in total. The highest BCUT2D eigenvalue weighted by Crippen LogP contribution is 2.17. The molecule has 2 aromatic heterocycles. The van der Waals surface area contributed by atoms with Crippen molar-refractivity contribution in [2.24, 2.45) is 4.99 Å². The SMILES string of the molecule is CN=C(NCCCCn1ccccc1=O)NCCc1c[nH]c2ccccc12. The van der Waals surface area contributed by atoms with Gasteiger partial charge in [0.1, 0.15) is 0 Å². The minimum atomic E-state index is 0.0558. The molecular weight excluding hydrogens is 338 g/mol. The molecule has 2 heterocycles. The number of H-pyrrole nitrogens is 1. The second-order valence-electron chi connectivity index (χ2n) is 6.47. The van der Waals surface area contributed by atoms with Crippen LogP contribution in [0, 0.1) is 0 Å². The lowest BCUT2D eigenvalue weighted by molar-refractivity contribution is 0.585. The Morgan fingerprint density at radius 1 is 1.07 bits per heavy atom. The second-order valence-corrected chi connectivity index (χ2v) is 6.47. The number of aromatic amines is 1. The third-order valence-corrected chi connectivity index (χ3v) is 4.60. The van der Waals surface area contributed by atoms with E-state index < -0.39 is 0 Å². The smallest absolute Gasteiger partial charge is 0.250 e. The van der Waals surface area contributed by atoms with E-state index in [-0.39, 0.29) is 5.56 Å².